The standard InChI is InChI=1S/C14H23N5O4/c1-4-17(8-12(20)21)11-6-10(7-11)15-14-13(19(22)23)9(3)16-18(14)5-2/h10-11,15H,4-8H2,1-3H3,(H,20,21). The largest absolute Gasteiger partial charge is 0.480 e. The highest BCUT2D eigenvalue weighted by Crippen LogP contribution is 2.34. The van der Waals surface area contributed by atoms with Gasteiger partial charge in [0.15, 0.2) is 0 Å². The van der Waals surface area contributed by atoms with Gasteiger partial charge in [-0.1, -0.05) is 6.92 Å². The molecule has 2 N–H and O–H groups in total. The molecular weight excluding hydrogens is 302 g/mol. The number of nitro groups is 1. The fourth-order valence-electron chi connectivity index (χ4n) is 3.03. The zero-order chi connectivity index (χ0) is 17.1. The first-order chi connectivity index (χ1) is 10.9. The number of carboxylic acids is 1. The van der Waals surface area contributed by atoms with E-state index in [9.17, 15) is 14.9 Å². The average molecular weight is 325 g/mol. The summed E-state index contributed by atoms with van der Waals surface area (Å²) in [7, 11) is 0. The van der Waals surface area contributed by atoms with Crippen LogP contribution in [-0.4, -0.2) is 55.9 Å². The summed E-state index contributed by atoms with van der Waals surface area (Å²) in [5, 5.41) is 27.6. The summed E-state index contributed by atoms with van der Waals surface area (Å²) in [5.74, 6) is -0.390. The first kappa shape index (κ1) is 17.2. The van der Waals surface area contributed by atoms with Gasteiger partial charge in [-0.05, 0) is 33.2 Å². The Morgan fingerprint density at radius 1 is 1.52 bits per heavy atom. The highest BCUT2D eigenvalue weighted by atomic mass is 16.6. The molecule has 2 rings (SSSR count). The monoisotopic (exact) mass is 325 g/mol. The van der Waals surface area contributed by atoms with Gasteiger partial charge in [-0.25, -0.2) is 4.68 Å². The van der Waals surface area contributed by atoms with Crippen LogP contribution >= 0.6 is 0 Å². The molecule has 128 valence electrons. The highest BCUT2D eigenvalue weighted by Gasteiger charge is 2.36. The molecular formula is C14H23N5O4. The molecule has 1 aliphatic carbocycles. The molecule has 0 bridgehead atoms. The predicted octanol–water partition coefficient (Wildman–Crippen LogP) is 1.47. The Balaban J connectivity index is 2.03. The lowest BCUT2D eigenvalue weighted by Crippen LogP contribution is -2.51. The predicted molar refractivity (Wildman–Crippen MR) is 84.6 cm³/mol. The molecule has 0 saturated heterocycles. The molecule has 23 heavy (non-hydrogen) atoms. The van der Waals surface area contributed by atoms with E-state index in [0.29, 0.717) is 24.6 Å². The average Bonchev–Trinajstić information content (AvgIpc) is 2.75. The molecule has 1 aliphatic rings. The van der Waals surface area contributed by atoms with Crippen molar-refractivity contribution in [3.05, 3.63) is 15.8 Å². The quantitative estimate of drug-likeness (QED) is 0.549. The molecule has 9 heteroatoms. The second-order valence-corrected chi connectivity index (χ2v) is 5.78. The molecule has 0 radical (unpaired) electrons. The summed E-state index contributed by atoms with van der Waals surface area (Å²) in [4.78, 5) is 23.6. The summed E-state index contributed by atoms with van der Waals surface area (Å²) >= 11 is 0. The lowest BCUT2D eigenvalue weighted by molar-refractivity contribution is -0.384. The van der Waals surface area contributed by atoms with Crippen molar-refractivity contribution in [1.29, 1.82) is 0 Å². The van der Waals surface area contributed by atoms with Crippen LogP contribution in [-0.2, 0) is 11.3 Å². The SMILES string of the molecule is CCN(CC(=O)O)C1CC(Nc2c([N+](=O)[O-])c(C)nn2CC)C1. The Bertz CT molecular complexity index is 594. The molecule has 0 spiro atoms. The summed E-state index contributed by atoms with van der Waals surface area (Å²) in [6.45, 7) is 6.70. The second kappa shape index (κ2) is 6.95. The lowest BCUT2D eigenvalue weighted by atomic mass is 9.85. The fourth-order valence-corrected chi connectivity index (χ4v) is 3.03. The third kappa shape index (κ3) is 3.61. The summed E-state index contributed by atoms with van der Waals surface area (Å²) in [6, 6.07) is 0.301. The van der Waals surface area contributed by atoms with Crippen LogP contribution < -0.4 is 5.32 Å². The molecule has 0 atom stereocenters. The minimum Gasteiger partial charge on any atom is -0.480 e. The summed E-state index contributed by atoms with van der Waals surface area (Å²) < 4.78 is 1.61. The van der Waals surface area contributed by atoms with Crippen LogP contribution in [0.15, 0.2) is 0 Å². The van der Waals surface area contributed by atoms with Crippen LogP contribution in [0.25, 0.3) is 0 Å². The molecule has 9 nitrogen and oxygen atoms in total. The molecule has 1 heterocycles. The van der Waals surface area contributed by atoms with Crippen LogP contribution in [0.2, 0.25) is 0 Å². The Labute approximate surface area is 134 Å². The second-order valence-electron chi connectivity index (χ2n) is 5.78. The molecule has 1 fully saturated rings. The minimum atomic E-state index is -0.835. The summed E-state index contributed by atoms with van der Waals surface area (Å²) in [6.07, 6.45) is 1.54. The van der Waals surface area contributed by atoms with Crippen LogP contribution in [0, 0.1) is 17.0 Å². The number of carboxylic acid groups (broad SMARTS) is 1. The fraction of sp³-hybridized carbons (Fsp3) is 0.714. The van der Waals surface area contributed by atoms with Crippen molar-refractivity contribution >= 4 is 17.5 Å². The van der Waals surface area contributed by atoms with Gasteiger partial charge in [0.25, 0.3) is 0 Å². The normalized spacial score (nSPS) is 20.3. The minimum absolute atomic E-state index is 0.0215. The van der Waals surface area contributed by atoms with Crippen LogP contribution in [0.1, 0.15) is 32.4 Å². The van der Waals surface area contributed by atoms with E-state index < -0.39 is 10.9 Å². The molecule has 0 amide bonds. The zero-order valence-corrected chi connectivity index (χ0v) is 13.7. The van der Waals surface area contributed by atoms with Crippen LogP contribution in [0.3, 0.4) is 0 Å². The number of rotatable bonds is 8. The van der Waals surface area contributed by atoms with Crippen molar-refractivity contribution in [2.24, 2.45) is 0 Å². The van der Waals surface area contributed by atoms with E-state index in [-0.39, 0.29) is 24.3 Å². The molecule has 1 saturated carbocycles. The molecule has 1 aromatic heterocycles. The van der Waals surface area contributed by atoms with Gasteiger partial charge in [0.2, 0.25) is 5.82 Å². The first-order valence-electron chi connectivity index (χ1n) is 7.81. The third-order valence-corrected chi connectivity index (χ3v) is 4.29. The smallest absolute Gasteiger partial charge is 0.333 e. The van der Waals surface area contributed by atoms with Gasteiger partial charge < -0.3 is 10.4 Å². The Kier molecular flexibility index (Phi) is 5.19. The number of carbonyl (C=O) groups is 1. The number of hydrogen-bond acceptors (Lipinski definition) is 6. The van der Waals surface area contributed by atoms with E-state index in [2.05, 4.69) is 10.4 Å². The van der Waals surface area contributed by atoms with Gasteiger partial charge in [-0.3, -0.25) is 19.8 Å². The van der Waals surface area contributed by atoms with E-state index in [0.717, 1.165) is 12.8 Å². The Morgan fingerprint density at radius 3 is 2.65 bits per heavy atom. The van der Waals surface area contributed by atoms with Crippen molar-refractivity contribution in [3.8, 4) is 0 Å². The third-order valence-electron chi connectivity index (χ3n) is 4.29. The number of nitrogens with one attached hydrogen (secondary N) is 1. The number of aliphatic carboxylic acids is 1. The van der Waals surface area contributed by atoms with Gasteiger partial charge in [0, 0.05) is 18.6 Å². The van der Waals surface area contributed by atoms with Crippen molar-refractivity contribution in [2.75, 3.05) is 18.4 Å². The Hall–Kier alpha value is -2.16. The van der Waals surface area contributed by atoms with Crippen molar-refractivity contribution in [1.82, 2.24) is 14.7 Å². The maximum absolute atomic E-state index is 11.2. The van der Waals surface area contributed by atoms with Crippen molar-refractivity contribution < 1.29 is 14.8 Å². The van der Waals surface area contributed by atoms with Crippen molar-refractivity contribution in [2.45, 2.75) is 52.2 Å². The summed E-state index contributed by atoms with van der Waals surface area (Å²) in [5.41, 5.74) is 0.421. The molecule has 0 aliphatic heterocycles. The number of aryl methyl sites for hydroxylation is 2. The number of anilines is 1. The van der Waals surface area contributed by atoms with E-state index in [1.165, 1.54) is 0 Å². The highest BCUT2D eigenvalue weighted by molar-refractivity contribution is 5.69. The van der Waals surface area contributed by atoms with Gasteiger partial charge >= 0.3 is 11.7 Å². The lowest BCUT2D eigenvalue weighted by Gasteiger charge is -2.42. The molecule has 0 aromatic carbocycles. The number of hydrogen-bond donors (Lipinski definition) is 2. The van der Waals surface area contributed by atoms with E-state index in [4.69, 9.17) is 5.11 Å². The maximum Gasteiger partial charge on any atom is 0.333 e. The number of aromatic nitrogens is 2. The van der Waals surface area contributed by atoms with E-state index in [1.807, 2.05) is 18.7 Å². The number of likely N-dealkylation sites (N-methyl/N-ethyl adjacent to an activating group) is 1. The Morgan fingerprint density at radius 2 is 2.17 bits per heavy atom. The van der Waals surface area contributed by atoms with Crippen LogP contribution in [0.5, 0.6) is 0 Å². The van der Waals surface area contributed by atoms with Gasteiger partial charge in [0.05, 0.1) is 11.5 Å². The van der Waals surface area contributed by atoms with Gasteiger partial charge in [0.1, 0.15) is 5.69 Å². The molecule has 0 unspecified atom stereocenters. The van der Waals surface area contributed by atoms with Gasteiger partial charge in [-0.15, -0.1) is 0 Å². The molecule has 1 aromatic rings. The topological polar surface area (TPSA) is 114 Å². The number of nitrogens with zero attached hydrogens (tertiary/aromatic N) is 4. The van der Waals surface area contributed by atoms with E-state index >= 15 is 0 Å². The van der Waals surface area contributed by atoms with Crippen LogP contribution in [0.4, 0.5) is 11.5 Å². The first-order valence-corrected chi connectivity index (χ1v) is 7.81. The maximum atomic E-state index is 11.2. The van der Waals surface area contributed by atoms with E-state index in [1.54, 1.807) is 11.6 Å². The van der Waals surface area contributed by atoms with Gasteiger partial charge in [-0.2, -0.15) is 5.10 Å². The zero-order valence-electron chi connectivity index (χ0n) is 13.7. The van der Waals surface area contributed by atoms with Crippen molar-refractivity contribution in [3.63, 3.8) is 0 Å².